The van der Waals surface area contributed by atoms with Gasteiger partial charge in [-0.05, 0) is 30.2 Å². The standard InChI is InChI=1S/C22H26ClN3O3/c1-16-2-6-18(7-3-16)20(26-10-12-29-13-11-26)15-25-22(28)21(27)24-14-17-4-8-19(23)9-5-17/h2-9,20H,10-15H2,1H3,(H,24,27)(H,25,28)/t20-/m0/s1. The third kappa shape index (κ3) is 6.29. The lowest BCUT2D eigenvalue weighted by molar-refractivity contribution is -0.139. The van der Waals surface area contributed by atoms with Crippen LogP contribution in [0.5, 0.6) is 0 Å². The van der Waals surface area contributed by atoms with Crippen molar-refractivity contribution in [1.82, 2.24) is 15.5 Å². The number of amides is 2. The Morgan fingerprint density at radius 3 is 2.28 bits per heavy atom. The molecular formula is C22H26ClN3O3. The Kier molecular flexibility index (Phi) is 7.63. The Bertz CT molecular complexity index is 818. The monoisotopic (exact) mass is 415 g/mol. The highest BCUT2D eigenvalue weighted by molar-refractivity contribution is 6.35. The van der Waals surface area contributed by atoms with E-state index in [4.69, 9.17) is 16.3 Å². The molecule has 0 aromatic heterocycles. The van der Waals surface area contributed by atoms with Gasteiger partial charge >= 0.3 is 11.8 Å². The molecule has 2 aromatic carbocycles. The van der Waals surface area contributed by atoms with Crippen molar-refractivity contribution in [2.75, 3.05) is 32.8 Å². The van der Waals surface area contributed by atoms with E-state index >= 15 is 0 Å². The van der Waals surface area contributed by atoms with Crippen molar-refractivity contribution in [2.24, 2.45) is 0 Å². The SMILES string of the molecule is Cc1ccc([C@H](CNC(=O)C(=O)NCc2ccc(Cl)cc2)N2CCOCC2)cc1. The molecule has 0 radical (unpaired) electrons. The van der Waals surface area contributed by atoms with Gasteiger partial charge in [0, 0.05) is 31.2 Å². The Morgan fingerprint density at radius 1 is 1.00 bits per heavy atom. The Hall–Kier alpha value is -2.41. The summed E-state index contributed by atoms with van der Waals surface area (Å²) in [7, 11) is 0. The van der Waals surface area contributed by atoms with E-state index in [9.17, 15) is 9.59 Å². The van der Waals surface area contributed by atoms with Crippen molar-refractivity contribution in [2.45, 2.75) is 19.5 Å². The third-order valence-corrected chi connectivity index (χ3v) is 5.23. The minimum Gasteiger partial charge on any atom is -0.379 e. The third-order valence-electron chi connectivity index (χ3n) is 4.98. The highest BCUT2D eigenvalue weighted by Gasteiger charge is 2.24. The van der Waals surface area contributed by atoms with E-state index in [2.05, 4.69) is 39.8 Å². The fourth-order valence-electron chi connectivity index (χ4n) is 3.27. The Labute approximate surface area is 176 Å². The van der Waals surface area contributed by atoms with Crippen LogP contribution >= 0.6 is 11.6 Å². The maximum absolute atomic E-state index is 12.3. The average molecular weight is 416 g/mol. The summed E-state index contributed by atoms with van der Waals surface area (Å²) in [6, 6.07) is 15.4. The summed E-state index contributed by atoms with van der Waals surface area (Å²) in [5.41, 5.74) is 3.17. The predicted molar refractivity (Wildman–Crippen MR) is 113 cm³/mol. The van der Waals surface area contributed by atoms with Gasteiger partial charge < -0.3 is 15.4 Å². The topological polar surface area (TPSA) is 70.7 Å². The quantitative estimate of drug-likeness (QED) is 0.711. The summed E-state index contributed by atoms with van der Waals surface area (Å²) < 4.78 is 5.45. The number of benzene rings is 2. The van der Waals surface area contributed by atoms with Gasteiger partial charge in [-0.1, -0.05) is 53.6 Å². The fourth-order valence-corrected chi connectivity index (χ4v) is 3.40. The Balaban J connectivity index is 1.57. The molecule has 154 valence electrons. The minimum atomic E-state index is -0.649. The second-order valence-electron chi connectivity index (χ2n) is 7.09. The lowest BCUT2D eigenvalue weighted by Crippen LogP contribution is -2.46. The molecular weight excluding hydrogens is 390 g/mol. The second kappa shape index (κ2) is 10.4. The van der Waals surface area contributed by atoms with Crippen molar-refractivity contribution in [3.63, 3.8) is 0 Å². The van der Waals surface area contributed by atoms with Crippen LogP contribution in [-0.2, 0) is 20.9 Å². The van der Waals surface area contributed by atoms with Crippen molar-refractivity contribution < 1.29 is 14.3 Å². The molecule has 6 nitrogen and oxygen atoms in total. The van der Waals surface area contributed by atoms with Crippen LogP contribution in [0.3, 0.4) is 0 Å². The summed E-state index contributed by atoms with van der Waals surface area (Å²) >= 11 is 5.86. The molecule has 2 N–H and O–H groups in total. The van der Waals surface area contributed by atoms with E-state index < -0.39 is 11.8 Å². The van der Waals surface area contributed by atoms with Crippen LogP contribution in [0, 0.1) is 6.92 Å². The lowest BCUT2D eigenvalue weighted by Gasteiger charge is -2.35. The zero-order chi connectivity index (χ0) is 20.6. The first-order valence-electron chi connectivity index (χ1n) is 9.72. The molecule has 0 bridgehead atoms. The van der Waals surface area contributed by atoms with Gasteiger partial charge in [0.2, 0.25) is 0 Å². The molecule has 0 spiro atoms. The van der Waals surface area contributed by atoms with Gasteiger partial charge in [-0.25, -0.2) is 0 Å². The van der Waals surface area contributed by atoms with Crippen LogP contribution < -0.4 is 10.6 Å². The number of carbonyl (C=O) groups excluding carboxylic acids is 2. The van der Waals surface area contributed by atoms with Gasteiger partial charge in [0.15, 0.2) is 0 Å². The first-order valence-corrected chi connectivity index (χ1v) is 10.1. The van der Waals surface area contributed by atoms with E-state index in [-0.39, 0.29) is 12.6 Å². The van der Waals surface area contributed by atoms with Gasteiger partial charge in [-0.15, -0.1) is 0 Å². The van der Waals surface area contributed by atoms with Crippen LogP contribution in [0.1, 0.15) is 22.7 Å². The molecule has 2 aromatic rings. The number of nitrogens with one attached hydrogen (secondary N) is 2. The zero-order valence-corrected chi connectivity index (χ0v) is 17.2. The first-order chi connectivity index (χ1) is 14.0. The largest absolute Gasteiger partial charge is 0.379 e. The van der Waals surface area contributed by atoms with Crippen molar-refractivity contribution >= 4 is 23.4 Å². The van der Waals surface area contributed by atoms with Crippen molar-refractivity contribution in [3.8, 4) is 0 Å². The van der Waals surface area contributed by atoms with E-state index in [1.54, 1.807) is 12.1 Å². The molecule has 0 unspecified atom stereocenters. The van der Waals surface area contributed by atoms with E-state index in [0.717, 1.165) is 24.2 Å². The van der Waals surface area contributed by atoms with Gasteiger partial charge in [0.05, 0.1) is 19.3 Å². The number of carbonyl (C=O) groups is 2. The zero-order valence-electron chi connectivity index (χ0n) is 16.5. The number of morpholine rings is 1. The number of hydrogen-bond donors (Lipinski definition) is 2. The summed E-state index contributed by atoms with van der Waals surface area (Å²) in [6.07, 6.45) is 0. The fraction of sp³-hybridized carbons (Fsp3) is 0.364. The molecule has 1 saturated heterocycles. The number of nitrogens with zero attached hydrogens (tertiary/aromatic N) is 1. The van der Waals surface area contributed by atoms with Crippen LogP contribution in [0.4, 0.5) is 0 Å². The first kappa shape index (κ1) is 21.3. The van der Waals surface area contributed by atoms with Crippen LogP contribution in [0.15, 0.2) is 48.5 Å². The number of hydrogen-bond acceptors (Lipinski definition) is 4. The van der Waals surface area contributed by atoms with Gasteiger partial charge in [-0.2, -0.15) is 0 Å². The van der Waals surface area contributed by atoms with E-state index in [0.29, 0.717) is 24.8 Å². The van der Waals surface area contributed by atoms with Crippen LogP contribution in [0.25, 0.3) is 0 Å². The highest BCUT2D eigenvalue weighted by Crippen LogP contribution is 2.21. The molecule has 2 amide bonds. The van der Waals surface area contributed by atoms with Crippen LogP contribution in [0.2, 0.25) is 5.02 Å². The molecule has 3 rings (SSSR count). The maximum atomic E-state index is 12.3. The van der Waals surface area contributed by atoms with Crippen LogP contribution in [-0.4, -0.2) is 49.6 Å². The molecule has 29 heavy (non-hydrogen) atoms. The molecule has 1 aliphatic heterocycles. The summed E-state index contributed by atoms with van der Waals surface area (Å²) in [4.78, 5) is 26.8. The lowest BCUT2D eigenvalue weighted by atomic mass is 10.0. The average Bonchev–Trinajstić information content (AvgIpc) is 2.75. The molecule has 0 aliphatic carbocycles. The number of ether oxygens (including phenoxy) is 1. The highest BCUT2D eigenvalue weighted by atomic mass is 35.5. The van der Waals surface area contributed by atoms with E-state index in [1.807, 2.05) is 19.1 Å². The molecule has 1 fully saturated rings. The second-order valence-corrected chi connectivity index (χ2v) is 7.53. The van der Waals surface area contributed by atoms with Gasteiger partial charge in [0.25, 0.3) is 0 Å². The smallest absolute Gasteiger partial charge is 0.309 e. The molecule has 7 heteroatoms. The van der Waals surface area contributed by atoms with Crippen molar-refractivity contribution in [1.29, 1.82) is 0 Å². The maximum Gasteiger partial charge on any atom is 0.309 e. The summed E-state index contributed by atoms with van der Waals surface area (Å²) in [6.45, 7) is 5.58. The molecule has 1 atom stereocenters. The predicted octanol–water partition coefficient (Wildman–Crippen LogP) is 2.45. The number of rotatable bonds is 6. The Morgan fingerprint density at radius 2 is 1.62 bits per heavy atom. The van der Waals surface area contributed by atoms with Gasteiger partial charge in [-0.3, -0.25) is 14.5 Å². The van der Waals surface area contributed by atoms with Gasteiger partial charge in [0.1, 0.15) is 0 Å². The van der Waals surface area contributed by atoms with E-state index in [1.165, 1.54) is 5.56 Å². The number of halogens is 1. The minimum absolute atomic E-state index is 0.00693. The molecule has 1 heterocycles. The molecule has 0 saturated carbocycles. The summed E-state index contributed by atoms with van der Waals surface area (Å²) in [5.74, 6) is -1.28. The molecule has 1 aliphatic rings. The van der Waals surface area contributed by atoms with Crippen molar-refractivity contribution in [3.05, 3.63) is 70.2 Å². The normalized spacial score (nSPS) is 15.5. The summed E-state index contributed by atoms with van der Waals surface area (Å²) in [5, 5.41) is 6.05. The number of aryl methyl sites for hydroxylation is 1.